The fraction of sp³-hybridized carbons (Fsp3) is 0.147. The number of carbonyl (C=O) groups excluding carboxylic acids is 2. The van der Waals surface area contributed by atoms with E-state index in [2.05, 4.69) is 5.32 Å². The molecule has 43 heavy (non-hydrogen) atoms. The Morgan fingerprint density at radius 2 is 1.53 bits per heavy atom. The van der Waals surface area contributed by atoms with Crippen LogP contribution in [-0.4, -0.2) is 35.9 Å². The molecule has 1 amide bonds. The molecule has 0 atom stereocenters. The van der Waals surface area contributed by atoms with E-state index in [1.54, 1.807) is 61.4 Å². The fourth-order valence-electron chi connectivity index (χ4n) is 4.80. The standard InChI is InChI=1S/C34H30ClN3O5/c1-20-9-14-30(21(2)15-20)38-34(43-22(3)39)31(32(37-38)25-17-28(41-4)19-29(18-25)42-5)23-10-12-27(13-11-23)36-33(40)24-7-6-8-26(35)16-24/h6-19H,1-5H3,(H,36,40). The highest BCUT2D eigenvalue weighted by Crippen LogP contribution is 2.43. The minimum absolute atomic E-state index is 0.256. The van der Waals surface area contributed by atoms with E-state index in [0.717, 1.165) is 16.8 Å². The number of rotatable bonds is 8. The second-order valence-corrected chi connectivity index (χ2v) is 10.4. The van der Waals surface area contributed by atoms with Gasteiger partial charge in [0.25, 0.3) is 5.91 Å². The van der Waals surface area contributed by atoms with Crippen LogP contribution in [-0.2, 0) is 4.79 Å². The topological polar surface area (TPSA) is 91.7 Å². The third-order valence-electron chi connectivity index (χ3n) is 6.81. The number of ether oxygens (including phenoxy) is 3. The molecule has 9 heteroatoms. The average Bonchev–Trinajstić information content (AvgIpc) is 3.35. The van der Waals surface area contributed by atoms with Gasteiger partial charge >= 0.3 is 5.97 Å². The molecule has 1 aromatic heterocycles. The lowest BCUT2D eigenvalue weighted by Crippen LogP contribution is -2.11. The second-order valence-electron chi connectivity index (χ2n) is 9.97. The molecule has 0 fully saturated rings. The molecule has 8 nitrogen and oxygen atoms in total. The van der Waals surface area contributed by atoms with Gasteiger partial charge in [-0.25, -0.2) is 0 Å². The summed E-state index contributed by atoms with van der Waals surface area (Å²) in [6, 6.07) is 25.4. The molecule has 0 radical (unpaired) electrons. The molecular weight excluding hydrogens is 566 g/mol. The Balaban J connectivity index is 1.68. The zero-order valence-electron chi connectivity index (χ0n) is 24.4. The summed E-state index contributed by atoms with van der Waals surface area (Å²) in [4.78, 5) is 25.2. The van der Waals surface area contributed by atoms with Crippen LogP contribution < -0.4 is 19.5 Å². The van der Waals surface area contributed by atoms with Crippen molar-refractivity contribution in [3.63, 3.8) is 0 Å². The highest BCUT2D eigenvalue weighted by molar-refractivity contribution is 6.31. The van der Waals surface area contributed by atoms with Crippen LogP contribution >= 0.6 is 11.6 Å². The number of methoxy groups -OCH3 is 2. The van der Waals surface area contributed by atoms with Crippen molar-refractivity contribution < 1.29 is 23.8 Å². The highest BCUT2D eigenvalue weighted by atomic mass is 35.5. The minimum Gasteiger partial charge on any atom is -0.497 e. The van der Waals surface area contributed by atoms with Gasteiger partial charge in [-0.05, 0) is 73.5 Å². The number of hydrogen-bond acceptors (Lipinski definition) is 6. The predicted octanol–water partition coefficient (Wildman–Crippen LogP) is 7.67. The summed E-state index contributed by atoms with van der Waals surface area (Å²) in [5.74, 6) is 0.630. The maximum atomic E-state index is 12.8. The molecule has 0 unspecified atom stereocenters. The number of aromatic nitrogens is 2. The molecule has 0 aliphatic heterocycles. The van der Waals surface area contributed by atoms with E-state index in [4.69, 9.17) is 30.9 Å². The Kier molecular flexibility index (Phi) is 8.50. The first-order chi connectivity index (χ1) is 20.7. The molecule has 0 aliphatic rings. The van der Waals surface area contributed by atoms with E-state index in [1.165, 1.54) is 6.92 Å². The van der Waals surface area contributed by atoms with Crippen LogP contribution in [0, 0.1) is 13.8 Å². The van der Waals surface area contributed by atoms with Crippen molar-refractivity contribution in [2.24, 2.45) is 0 Å². The third kappa shape index (κ3) is 6.39. The molecule has 5 aromatic rings. The molecule has 0 saturated heterocycles. The average molecular weight is 596 g/mol. The lowest BCUT2D eigenvalue weighted by molar-refractivity contribution is -0.132. The largest absolute Gasteiger partial charge is 0.497 e. The zero-order chi connectivity index (χ0) is 30.7. The number of anilines is 1. The van der Waals surface area contributed by atoms with Crippen LogP contribution in [0.3, 0.4) is 0 Å². The van der Waals surface area contributed by atoms with E-state index < -0.39 is 5.97 Å². The van der Waals surface area contributed by atoms with Gasteiger partial charge in [0, 0.05) is 34.8 Å². The summed E-state index contributed by atoms with van der Waals surface area (Å²) in [5.41, 5.74) is 6.36. The van der Waals surface area contributed by atoms with Crippen molar-refractivity contribution >= 4 is 29.2 Å². The van der Waals surface area contributed by atoms with Gasteiger partial charge in [-0.3, -0.25) is 9.59 Å². The Morgan fingerprint density at radius 1 is 0.837 bits per heavy atom. The van der Waals surface area contributed by atoms with Crippen molar-refractivity contribution in [3.05, 3.63) is 107 Å². The van der Waals surface area contributed by atoms with E-state index in [1.807, 2.05) is 56.3 Å². The van der Waals surface area contributed by atoms with Gasteiger partial charge in [-0.1, -0.05) is 47.5 Å². The quantitative estimate of drug-likeness (QED) is 0.185. The van der Waals surface area contributed by atoms with Gasteiger partial charge in [0.15, 0.2) is 0 Å². The van der Waals surface area contributed by atoms with Crippen LogP contribution in [0.2, 0.25) is 5.02 Å². The van der Waals surface area contributed by atoms with E-state index in [9.17, 15) is 9.59 Å². The van der Waals surface area contributed by atoms with E-state index in [0.29, 0.717) is 50.2 Å². The lowest BCUT2D eigenvalue weighted by Gasteiger charge is -2.12. The van der Waals surface area contributed by atoms with Crippen LogP contribution in [0.4, 0.5) is 5.69 Å². The number of carbonyl (C=O) groups is 2. The molecule has 0 bridgehead atoms. The van der Waals surface area contributed by atoms with Crippen LogP contribution in [0.25, 0.3) is 28.1 Å². The number of aryl methyl sites for hydroxylation is 2. The van der Waals surface area contributed by atoms with Crippen molar-refractivity contribution in [3.8, 4) is 45.5 Å². The fourth-order valence-corrected chi connectivity index (χ4v) is 4.99. The first kappa shape index (κ1) is 29.4. The Hall–Kier alpha value is -5.08. The number of nitrogens with one attached hydrogen (secondary N) is 1. The Labute approximate surface area is 254 Å². The maximum Gasteiger partial charge on any atom is 0.309 e. The van der Waals surface area contributed by atoms with Crippen LogP contribution in [0.5, 0.6) is 17.4 Å². The number of benzene rings is 4. The maximum absolute atomic E-state index is 12.8. The summed E-state index contributed by atoms with van der Waals surface area (Å²) in [6.45, 7) is 5.34. The monoisotopic (exact) mass is 595 g/mol. The summed E-state index contributed by atoms with van der Waals surface area (Å²) in [5, 5.41) is 8.36. The number of hydrogen-bond donors (Lipinski definition) is 1. The molecule has 0 saturated carbocycles. The normalized spacial score (nSPS) is 10.7. The molecule has 1 heterocycles. The number of amides is 1. The number of halogens is 1. The summed E-state index contributed by atoms with van der Waals surface area (Å²) in [7, 11) is 3.16. The third-order valence-corrected chi connectivity index (χ3v) is 7.04. The summed E-state index contributed by atoms with van der Waals surface area (Å²) >= 11 is 6.06. The molecular formula is C34H30ClN3O5. The van der Waals surface area contributed by atoms with Crippen LogP contribution in [0.15, 0.2) is 84.9 Å². The number of nitrogens with zero attached hydrogens (tertiary/aromatic N) is 2. The SMILES string of the molecule is COc1cc(OC)cc(-c2nn(-c3ccc(C)cc3C)c(OC(C)=O)c2-c2ccc(NC(=O)c3cccc(Cl)c3)cc2)c1. The molecule has 1 N–H and O–H groups in total. The zero-order valence-corrected chi connectivity index (χ0v) is 25.2. The lowest BCUT2D eigenvalue weighted by atomic mass is 10.00. The molecule has 0 spiro atoms. The Morgan fingerprint density at radius 3 is 2.14 bits per heavy atom. The number of esters is 1. The Bertz CT molecular complexity index is 1810. The molecule has 218 valence electrons. The molecule has 5 rings (SSSR count). The van der Waals surface area contributed by atoms with Gasteiger partial charge < -0.3 is 19.5 Å². The van der Waals surface area contributed by atoms with Gasteiger partial charge in [0.05, 0.1) is 25.5 Å². The minimum atomic E-state index is -0.493. The van der Waals surface area contributed by atoms with Gasteiger partial charge in [-0.2, -0.15) is 9.78 Å². The van der Waals surface area contributed by atoms with Crippen molar-refractivity contribution in [2.75, 3.05) is 19.5 Å². The second kappa shape index (κ2) is 12.4. The predicted molar refractivity (Wildman–Crippen MR) is 168 cm³/mol. The van der Waals surface area contributed by atoms with E-state index in [-0.39, 0.29) is 11.8 Å². The van der Waals surface area contributed by atoms with Crippen molar-refractivity contribution in [1.29, 1.82) is 0 Å². The molecule has 0 aliphatic carbocycles. The summed E-state index contributed by atoms with van der Waals surface area (Å²) in [6.07, 6.45) is 0. The van der Waals surface area contributed by atoms with Crippen molar-refractivity contribution in [1.82, 2.24) is 9.78 Å². The first-order valence-corrected chi connectivity index (χ1v) is 13.8. The van der Waals surface area contributed by atoms with Gasteiger partial charge in [0.2, 0.25) is 5.88 Å². The smallest absolute Gasteiger partial charge is 0.309 e. The van der Waals surface area contributed by atoms with Gasteiger partial charge in [0.1, 0.15) is 17.2 Å². The van der Waals surface area contributed by atoms with Gasteiger partial charge in [-0.15, -0.1) is 0 Å². The highest BCUT2D eigenvalue weighted by Gasteiger charge is 2.26. The van der Waals surface area contributed by atoms with Crippen LogP contribution in [0.1, 0.15) is 28.4 Å². The molecule has 4 aromatic carbocycles. The van der Waals surface area contributed by atoms with E-state index >= 15 is 0 Å². The first-order valence-electron chi connectivity index (χ1n) is 13.5. The summed E-state index contributed by atoms with van der Waals surface area (Å²) < 4.78 is 18.6. The van der Waals surface area contributed by atoms with Crippen molar-refractivity contribution in [2.45, 2.75) is 20.8 Å².